The minimum atomic E-state index is -0.934. The van der Waals surface area contributed by atoms with E-state index in [1.54, 1.807) is 13.2 Å². The van der Waals surface area contributed by atoms with Crippen LogP contribution in [0.25, 0.3) is 6.08 Å². The Hall–Kier alpha value is -4.21. The molecule has 2 fully saturated rings. The normalized spacial score (nSPS) is 24.6. The number of ether oxygens (including phenoxy) is 2. The van der Waals surface area contributed by atoms with Crippen molar-refractivity contribution in [1.82, 2.24) is 0 Å². The first-order chi connectivity index (χ1) is 16.3. The lowest BCUT2D eigenvalue weighted by Crippen LogP contribution is -2.48. The van der Waals surface area contributed by atoms with Crippen molar-refractivity contribution in [2.24, 2.45) is 11.8 Å². The minimum Gasteiger partial charge on any atom is -0.497 e. The number of carbonyl (C=O) groups excluding carboxylic acids is 3. The van der Waals surface area contributed by atoms with Crippen molar-refractivity contribution in [3.8, 4) is 11.5 Å². The van der Waals surface area contributed by atoms with Gasteiger partial charge in [0.05, 0.1) is 37.0 Å². The van der Waals surface area contributed by atoms with E-state index in [1.807, 2.05) is 29.2 Å². The summed E-state index contributed by atoms with van der Waals surface area (Å²) in [4.78, 5) is 53.7. The van der Waals surface area contributed by atoms with E-state index in [4.69, 9.17) is 9.47 Å². The molecular weight excluding hydrogens is 442 g/mol. The number of nitrogens with zero attached hydrogens (tertiary/aromatic N) is 3. The maximum Gasteiger partial charge on any atom is 0.271 e. The SMILES string of the molecule is COc1ccc2c(c1)C=C[C@@H]1[C@@H]3C(=O)N(c4cc([N+](=O)[O-])ccc4OC)C(=O)[C@H]3[C@@H](C(C)=O)N21. The number of ketones is 1. The van der Waals surface area contributed by atoms with Gasteiger partial charge in [-0.05, 0) is 31.2 Å². The Bertz CT molecular complexity index is 1290. The lowest BCUT2D eigenvalue weighted by atomic mass is 9.88. The average Bonchev–Trinajstić information content (AvgIpc) is 3.31. The molecule has 0 radical (unpaired) electrons. The second-order valence-corrected chi connectivity index (χ2v) is 8.41. The van der Waals surface area contributed by atoms with E-state index >= 15 is 0 Å². The Morgan fingerprint density at radius 3 is 2.38 bits per heavy atom. The number of methoxy groups -OCH3 is 2. The van der Waals surface area contributed by atoms with E-state index < -0.39 is 40.7 Å². The molecule has 3 heterocycles. The first kappa shape index (κ1) is 21.6. The van der Waals surface area contributed by atoms with Crippen molar-refractivity contribution in [2.75, 3.05) is 24.0 Å². The zero-order chi connectivity index (χ0) is 24.3. The summed E-state index contributed by atoms with van der Waals surface area (Å²) in [6.45, 7) is 1.40. The third-order valence-electron chi connectivity index (χ3n) is 6.74. The summed E-state index contributed by atoms with van der Waals surface area (Å²) in [5.41, 5.74) is 1.28. The van der Waals surface area contributed by atoms with Gasteiger partial charge in [-0.25, -0.2) is 4.90 Å². The number of hydrogen-bond donors (Lipinski definition) is 0. The third kappa shape index (κ3) is 2.91. The maximum atomic E-state index is 13.7. The molecule has 0 N–H and O–H groups in total. The summed E-state index contributed by atoms with van der Waals surface area (Å²) < 4.78 is 10.6. The van der Waals surface area contributed by atoms with Gasteiger partial charge in [0.15, 0.2) is 5.78 Å². The van der Waals surface area contributed by atoms with Crippen LogP contribution in [0.5, 0.6) is 11.5 Å². The lowest BCUT2D eigenvalue weighted by molar-refractivity contribution is -0.384. The smallest absolute Gasteiger partial charge is 0.271 e. The van der Waals surface area contributed by atoms with Gasteiger partial charge in [0.1, 0.15) is 23.2 Å². The molecule has 4 atom stereocenters. The molecule has 34 heavy (non-hydrogen) atoms. The number of hydrogen-bond acceptors (Lipinski definition) is 8. The van der Waals surface area contributed by atoms with Gasteiger partial charge in [0.25, 0.3) is 5.69 Å². The van der Waals surface area contributed by atoms with E-state index in [2.05, 4.69) is 0 Å². The monoisotopic (exact) mass is 463 g/mol. The first-order valence-electron chi connectivity index (χ1n) is 10.6. The maximum absolute atomic E-state index is 13.7. The predicted molar refractivity (Wildman–Crippen MR) is 122 cm³/mol. The molecule has 10 heteroatoms. The van der Waals surface area contributed by atoms with E-state index in [9.17, 15) is 24.5 Å². The van der Waals surface area contributed by atoms with Crippen LogP contribution in [-0.2, 0) is 14.4 Å². The molecule has 10 nitrogen and oxygen atoms in total. The Balaban J connectivity index is 1.62. The van der Waals surface area contributed by atoms with E-state index in [1.165, 1.54) is 26.2 Å². The summed E-state index contributed by atoms with van der Waals surface area (Å²) in [6, 6.07) is 7.77. The number of fused-ring (bicyclic) bond motifs is 5. The van der Waals surface area contributed by atoms with Gasteiger partial charge in [-0.15, -0.1) is 0 Å². The zero-order valence-electron chi connectivity index (χ0n) is 18.6. The third-order valence-corrected chi connectivity index (χ3v) is 6.74. The van der Waals surface area contributed by atoms with E-state index in [-0.39, 0.29) is 22.9 Å². The molecule has 2 aromatic carbocycles. The molecule has 0 aliphatic carbocycles. The van der Waals surface area contributed by atoms with Crippen LogP contribution in [0.2, 0.25) is 0 Å². The van der Waals surface area contributed by atoms with Crippen LogP contribution >= 0.6 is 0 Å². The van der Waals surface area contributed by atoms with Gasteiger partial charge in [-0.3, -0.25) is 24.5 Å². The second-order valence-electron chi connectivity index (χ2n) is 8.41. The van der Waals surface area contributed by atoms with Crippen molar-refractivity contribution in [2.45, 2.75) is 19.0 Å². The average molecular weight is 463 g/mol. The van der Waals surface area contributed by atoms with Crippen LogP contribution in [0, 0.1) is 22.0 Å². The van der Waals surface area contributed by atoms with Crippen LogP contribution in [0.3, 0.4) is 0 Å². The number of nitro benzene ring substituents is 1. The number of non-ortho nitro benzene ring substituents is 1. The van der Waals surface area contributed by atoms with Crippen molar-refractivity contribution < 1.29 is 28.8 Å². The van der Waals surface area contributed by atoms with Crippen molar-refractivity contribution >= 4 is 40.7 Å². The number of rotatable bonds is 5. The number of benzene rings is 2. The fourth-order valence-electron chi connectivity index (χ4n) is 5.34. The molecule has 0 aromatic heterocycles. The molecule has 2 saturated heterocycles. The first-order valence-corrected chi connectivity index (χ1v) is 10.6. The highest BCUT2D eigenvalue weighted by molar-refractivity contribution is 6.25. The molecule has 174 valence electrons. The van der Waals surface area contributed by atoms with Crippen LogP contribution in [0.4, 0.5) is 17.1 Å². The Labute approximate surface area is 194 Å². The number of Topliss-reactive ketones (excluding diaryl/α,β-unsaturated/α-hetero) is 1. The van der Waals surface area contributed by atoms with Crippen LogP contribution in [0.15, 0.2) is 42.5 Å². The van der Waals surface area contributed by atoms with Gasteiger partial charge >= 0.3 is 0 Å². The lowest BCUT2D eigenvalue weighted by Gasteiger charge is -2.36. The molecule has 0 saturated carbocycles. The number of imide groups is 1. The molecule has 3 aliphatic rings. The molecule has 0 bridgehead atoms. The highest BCUT2D eigenvalue weighted by atomic mass is 16.6. The molecule has 3 aliphatic heterocycles. The number of amides is 2. The summed E-state index contributed by atoms with van der Waals surface area (Å²) in [6.07, 6.45) is 3.68. The zero-order valence-corrected chi connectivity index (χ0v) is 18.6. The molecule has 2 amide bonds. The van der Waals surface area contributed by atoms with Gasteiger partial charge < -0.3 is 14.4 Å². The van der Waals surface area contributed by atoms with Crippen molar-refractivity contribution in [1.29, 1.82) is 0 Å². The predicted octanol–water partition coefficient (Wildman–Crippen LogP) is 2.59. The van der Waals surface area contributed by atoms with Gasteiger partial charge in [-0.2, -0.15) is 0 Å². The number of nitro groups is 1. The van der Waals surface area contributed by atoms with Gasteiger partial charge in [0.2, 0.25) is 11.8 Å². The van der Waals surface area contributed by atoms with E-state index in [0.717, 1.165) is 22.2 Å². The molecular formula is C24H21N3O7. The summed E-state index contributed by atoms with van der Waals surface area (Å²) in [5, 5.41) is 11.3. The molecule has 0 unspecified atom stereocenters. The Kier molecular flexibility index (Phi) is 4.89. The largest absolute Gasteiger partial charge is 0.497 e. The van der Waals surface area contributed by atoms with Crippen molar-refractivity contribution in [3.63, 3.8) is 0 Å². The molecule has 2 aromatic rings. The quantitative estimate of drug-likeness (QED) is 0.377. The van der Waals surface area contributed by atoms with Gasteiger partial charge in [0, 0.05) is 23.4 Å². The topological polar surface area (TPSA) is 119 Å². The standard InChI is InChI=1S/C24H21N3O7/c1-12(28)22-21-20(17-7-4-13-10-15(33-2)6-8-16(13)25(17)22)23(29)26(24(21)30)18-11-14(27(31)32)5-9-19(18)34-3/h4-11,17,20-22H,1-3H3/t17-,20+,21-,22-/m1/s1. The summed E-state index contributed by atoms with van der Waals surface area (Å²) in [5.74, 6) is -2.30. The van der Waals surface area contributed by atoms with E-state index in [0.29, 0.717) is 5.75 Å². The van der Waals surface area contributed by atoms with Crippen LogP contribution < -0.4 is 19.3 Å². The highest BCUT2D eigenvalue weighted by Gasteiger charge is 2.64. The fraction of sp³-hybridized carbons (Fsp3) is 0.292. The fourth-order valence-corrected chi connectivity index (χ4v) is 5.34. The van der Waals surface area contributed by atoms with Gasteiger partial charge in [-0.1, -0.05) is 12.2 Å². The number of carbonyl (C=O) groups is 3. The Morgan fingerprint density at radius 1 is 1.00 bits per heavy atom. The Morgan fingerprint density at radius 2 is 1.74 bits per heavy atom. The van der Waals surface area contributed by atoms with Crippen LogP contribution in [0.1, 0.15) is 12.5 Å². The molecule has 0 spiro atoms. The molecule has 5 rings (SSSR count). The number of anilines is 2. The second kappa shape index (κ2) is 7.68. The summed E-state index contributed by atoms with van der Waals surface area (Å²) >= 11 is 0. The van der Waals surface area contributed by atoms with Crippen LogP contribution in [-0.4, -0.2) is 48.8 Å². The summed E-state index contributed by atoms with van der Waals surface area (Å²) in [7, 11) is 2.91. The van der Waals surface area contributed by atoms with Crippen molar-refractivity contribution in [3.05, 3.63) is 58.2 Å². The highest BCUT2D eigenvalue weighted by Crippen LogP contribution is 2.50. The minimum absolute atomic E-state index is 0.000113.